The minimum atomic E-state index is 0.103. The average Bonchev–Trinajstić information content (AvgIpc) is 2.93. The van der Waals surface area contributed by atoms with Crippen molar-refractivity contribution in [2.45, 2.75) is 45.6 Å². The number of rotatable bonds is 5. The third-order valence-electron chi connectivity index (χ3n) is 4.56. The second kappa shape index (κ2) is 7.25. The molecule has 4 heteroatoms. The van der Waals surface area contributed by atoms with Crippen molar-refractivity contribution in [1.82, 2.24) is 10.2 Å². The number of hydrogen-bond donors (Lipinski definition) is 1. The summed E-state index contributed by atoms with van der Waals surface area (Å²) in [6.45, 7) is 8.91. The lowest BCUT2D eigenvalue weighted by Gasteiger charge is -2.31. The zero-order valence-electron chi connectivity index (χ0n) is 12.4. The van der Waals surface area contributed by atoms with E-state index < -0.39 is 0 Å². The molecule has 0 bridgehead atoms. The van der Waals surface area contributed by atoms with E-state index in [0.29, 0.717) is 11.8 Å². The molecule has 2 rings (SSSR count). The third kappa shape index (κ3) is 3.69. The number of amides is 1. The maximum absolute atomic E-state index is 12.6. The molecule has 4 nitrogen and oxygen atoms in total. The van der Waals surface area contributed by atoms with Gasteiger partial charge in [-0.15, -0.1) is 0 Å². The summed E-state index contributed by atoms with van der Waals surface area (Å²) in [6.07, 6.45) is 4.39. The fourth-order valence-electron chi connectivity index (χ4n) is 3.32. The van der Waals surface area contributed by atoms with E-state index >= 15 is 0 Å². The van der Waals surface area contributed by atoms with Gasteiger partial charge in [-0.1, -0.05) is 6.92 Å². The van der Waals surface area contributed by atoms with Crippen LogP contribution in [0.15, 0.2) is 0 Å². The summed E-state index contributed by atoms with van der Waals surface area (Å²) in [4.78, 5) is 14.7. The Morgan fingerprint density at radius 3 is 2.63 bits per heavy atom. The second-order valence-electron chi connectivity index (χ2n) is 5.78. The van der Waals surface area contributed by atoms with E-state index in [-0.39, 0.29) is 12.0 Å². The predicted octanol–water partition coefficient (Wildman–Crippen LogP) is 1.65. The van der Waals surface area contributed by atoms with Crippen LogP contribution in [-0.2, 0) is 9.53 Å². The molecular formula is C15H28N2O2. The molecule has 2 fully saturated rings. The van der Waals surface area contributed by atoms with Crippen LogP contribution < -0.4 is 5.32 Å². The van der Waals surface area contributed by atoms with E-state index in [1.54, 1.807) is 0 Å². The molecule has 0 spiro atoms. The van der Waals surface area contributed by atoms with Gasteiger partial charge in [-0.3, -0.25) is 4.79 Å². The maximum Gasteiger partial charge on any atom is 0.228 e. The number of carbonyl (C=O) groups is 1. The number of ether oxygens (including phenoxy) is 1. The first-order valence-corrected chi connectivity index (χ1v) is 7.87. The van der Waals surface area contributed by atoms with E-state index in [2.05, 4.69) is 24.1 Å². The molecule has 2 aliphatic heterocycles. The van der Waals surface area contributed by atoms with Gasteiger partial charge in [-0.25, -0.2) is 0 Å². The molecular weight excluding hydrogens is 240 g/mol. The van der Waals surface area contributed by atoms with Gasteiger partial charge in [-0.2, -0.15) is 0 Å². The molecule has 0 radical (unpaired) electrons. The molecule has 2 saturated heterocycles. The highest BCUT2D eigenvalue weighted by Crippen LogP contribution is 2.26. The Bertz CT molecular complexity index is 290. The summed E-state index contributed by atoms with van der Waals surface area (Å²) in [5.74, 6) is 1.10. The van der Waals surface area contributed by atoms with Crippen molar-refractivity contribution in [3.05, 3.63) is 0 Å². The van der Waals surface area contributed by atoms with Crippen molar-refractivity contribution in [1.29, 1.82) is 0 Å². The molecule has 1 N–H and O–H groups in total. The van der Waals surface area contributed by atoms with Crippen molar-refractivity contribution >= 4 is 5.91 Å². The lowest BCUT2D eigenvalue weighted by molar-refractivity contribution is -0.138. The van der Waals surface area contributed by atoms with Crippen LogP contribution in [0.2, 0.25) is 0 Å². The Kier molecular flexibility index (Phi) is 5.64. The largest absolute Gasteiger partial charge is 0.377 e. The van der Waals surface area contributed by atoms with Crippen LogP contribution in [0, 0.1) is 11.8 Å². The summed E-state index contributed by atoms with van der Waals surface area (Å²) in [5, 5.41) is 3.38. The molecule has 0 aromatic rings. The Morgan fingerprint density at radius 1 is 1.26 bits per heavy atom. The number of nitrogens with zero attached hydrogens (tertiary/aromatic N) is 1. The van der Waals surface area contributed by atoms with Crippen LogP contribution in [0.1, 0.15) is 39.5 Å². The van der Waals surface area contributed by atoms with Crippen LogP contribution >= 0.6 is 0 Å². The van der Waals surface area contributed by atoms with E-state index in [1.807, 2.05) is 0 Å². The van der Waals surface area contributed by atoms with E-state index in [9.17, 15) is 4.79 Å². The van der Waals surface area contributed by atoms with Crippen LogP contribution in [0.3, 0.4) is 0 Å². The second-order valence-corrected chi connectivity index (χ2v) is 5.78. The van der Waals surface area contributed by atoms with Gasteiger partial charge in [-0.05, 0) is 51.6 Å². The number of piperidine rings is 1. The van der Waals surface area contributed by atoms with Crippen molar-refractivity contribution in [2.75, 3.05) is 32.8 Å². The monoisotopic (exact) mass is 268 g/mol. The van der Waals surface area contributed by atoms with Crippen molar-refractivity contribution < 1.29 is 9.53 Å². The molecule has 110 valence electrons. The highest BCUT2D eigenvalue weighted by atomic mass is 16.5. The minimum absolute atomic E-state index is 0.103. The van der Waals surface area contributed by atoms with Gasteiger partial charge in [0.25, 0.3) is 0 Å². The van der Waals surface area contributed by atoms with Crippen LogP contribution in [0.25, 0.3) is 0 Å². The van der Waals surface area contributed by atoms with Gasteiger partial charge in [0.05, 0.1) is 12.0 Å². The zero-order chi connectivity index (χ0) is 13.7. The van der Waals surface area contributed by atoms with Gasteiger partial charge < -0.3 is 15.0 Å². The molecule has 2 unspecified atom stereocenters. The van der Waals surface area contributed by atoms with Gasteiger partial charge in [0, 0.05) is 19.7 Å². The predicted molar refractivity (Wildman–Crippen MR) is 76.0 cm³/mol. The Morgan fingerprint density at radius 2 is 2.00 bits per heavy atom. The summed E-state index contributed by atoms with van der Waals surface area (Å²) in [5.41, 5.74) is 0. The summed E-state index contributed by atoms with van der Waals surface area (Å²) in [7, 11) is 0. The highest BCUT2D eigenvalue weighted by Gasteiger charge is 2.35. The summed E-state index contributed by atoms with van der Waals surface area (Å²) >= 11 is 0. The quantitative estimate of drug-likeness (QED) is 0.824. The molecule has 19 heavy (non-hydrogen) atoms. The van der Waals surface area contributed by atoms with Crippen LogP contribution in [0.5, 0.6) is 0 Å². The fraction of sp³-hybridized carbons (Fsp3) is 0.933. The lowest BCUT2D eigenvalue weighted by atomic mass is 9.94. The topological polar surface area (TPSA) is 41.6 Å². The summed E-state index contributed by atoms with van der Waals surface area (Å²) in [6, 6.07) is 0. The lowest BCUT2D eigenvalue weighted by Crippen LogP contribution is -2.43. The molecule has 2 atom stereocenters. The molecule has 0 aromatic carbocycles. The first-order valence-electron chi connectivity index (χ1n) is 7.87. The third-order valence-corrected chi connectivity index (χ3v) is 4.56. The van der Waals surface area contributed by atoms with Crippen molar-refractivity contribution in [3.63, 3.8) is 0 Å². The van der Waals surface area contributed by atoms with Crippen LogP contribution in [0.4, 0.5) is 0 Å². The van der Waals surface area contributed by atoms with Gasteiger partial charge in [0.2, 0.25) is 5.91 Å². The van der Waals surface area contributed by atoms with Crippen LogP contribution in [-0.4, -0.2) is 49.7 Å². The Hall–Kier alpha value is -0.610. The zero-order valence-corrected chi connectivity index (χ0v) is 12.4. The first-order chi connectivity index (χ1) is 9.26. The number of hydrogen-bond acceptors (Lipinski definition) is 3. The fourth-order valence-corrected chi connectivity index (χ4v) is 3.32. The number of nitrogens with one attached hydrogen (secondary N) is 1. The smallest absolute Gasteiger partial charge is 0.228 e. The molecule has 0 saturated carbocycles. The average molecular weight is 268 g/mol. The summed E-state index contributed by atoms with van der Waals surface area (Å²) < 4.78 is 5.66. The normalized spacial score (nSPS) is 28.5. The molecule has 1 amide bonds. The SMILES string of the molecule is CCC1OCCC1C(=O)N(CC)CC1CCNCC1. The molecule has 0 aromatic heterocycles. The molecule has 2 heterocycles. The van der Waals surface area contributed by atoms with E-state index in [0.717, 1.165) is 45.6 Å². The standard InChI is InChI=1S/C15H28N2O2/c1-3-14-13(7-10-19-14)15(18)17(4-2)11-12-5-8-16-9-6-12/h12-14,16H,3-11H2,1-2H3. The highest BCUT2D eigenvalue weighted by molar-refractivity contribution is 5.79. The van der Waals surface area contributed by atoms with Gasteiger partial charge in [0.15, 0.2) is 0 Å². The van der Waals surface area contributed by atoms with Gasteiger partial charge in [0.1, 0.15) is 0 Å². The van der Waals surface area contributed by atoms with Crippen molar-refractivity contribution in [2.24, 2.45) is 11.8 Å². The Balaban J connectivity index is 1.90. The maximum atomic E-state index is 12.6. The van der Waals surface area contributed by atoms with Gasteiger partial charge >= 0.3 is 0 Å². The Labute approximate surface area is 116 Å². The number of carbonyl (C=O) groups excluding carboxylic acids is 1. The van der Waals surface area contributed by atoms with E-state index in [4.69, 9.17) is 4.74 Å². The van der Waals surface area contributed by atoms with E-state index in [1.165, 1.54) is 12.8 Å². The van der Waals surface area contributed by atoms with Crippen molar-refractivity contribution in [3.8, 4) is 0 Å². The molecule has 0 aliphatic carbocycles. The minimum Gasteiger partial charge on any atom is -0.377 e. The molecule has 2 aliphatic rings. The first kappa shape index (κ1) is 14.8.